The van der Waals surface area contributed by atoms with Gasteiger partial charge in [0.05, 0.1) is 19.5 Å². The third-order valence-electron chi connectivity index (χ3n) is 5.90. The molecule has 1 N–H and O–H groups in total. The number of allylic oxidation sites excluding steroid dienone is 1. The van der Waals surface area contributed by atoms with Gasteiger partial charge in [-0.1, -0.05) is 32.8 Å². The third-order valence-corrected chi connectivity index (χ3v) is 6.50. The molecule has 0 saturated carbocycles. The van der Waals surface area contributed by atoms with Gasteiger partial charge in [-0.2, -0.15) is 5.26 Å². The van der Waals surface area contributed by atoms with Crippen molar-refractivity contribution in [1.82, 2.24) is 0 Å². The van der Waals surface area contributed by atoms with E-state index in [-0.39, 0.29) is 24.2 Å². The highest BCUT2D eigenvalue weighted by atomic mass is 32.2. The Morgan fingerprint density at radius 2 is 1.51 bits per heavy atom. The molecule has 0 amide bonds. The monoisotopic (exact) mass is 583 g/mol. The van der Waals surface area contributed by atoms with E-state index in [0.717, 1.165) is 31.9 Å². The number of hydrogen-bond acceptors (Lipinski definition) is 9. The van der Waals surface area contributed by atoms with Gasteiger partial charge in [0, 0.05) is 16.9 Å². The maximum Gasteiger partial charge on any atom is 0.325 e. The SMILES string of the molecule is CCCCOC(=O)CN(CC(=O)OCCCC)c1ccc(C=C(C#N)C(=O)c2ccc(NS(C)(=O)=O)cc2)c(C)c1. The molecule has 2 aromatic rings. The number of unbranched alkanes of at least 4 members (excludes halogenated alkanes) is 2. The average Bonchev–Trinajstić information content (AvgIpc) is 2.91. The maximum atomic E-state index is 13.0. The van der Waals surface area contributed by atoms with Gasteiger partial charge < -0.3 is 14.4 Å². The lowest BCUT2D eigenvalue weighted by atomic mass is 9.99. The number of anilines is 2. The second-order valence-corrected chi connectivity index (χ2v) is 11.2. The molecule has 2 rings (SSSR count). The van der Waals surface area contributed by atoms with Gasteiger partial charge >= 0.3 is 11.9 Å². The highest BCUT2D eigenvalue weighted by Crippen LogP contribution is 2.23. The van der Waals surface area contributed by atoms with Crippen LogP contribution in [0.3, 0.4) is 0 Å². The number of carbonyl (C=O) groups is 3. The quantitative estimate of drug-likeness (QED) is 0.0982. The first-order valence-electron chi connectivity index (χ1n) is 13.4. The van der Waals surface area contributed by atoms with Crippen LogP contribution in [0.4, 0.5) is 11.4 Å². The van der Waals surface area contributed by atoms with Crippen molar-refractivity contribution < 1.29 is 32.3 Å². The van der Waals surface area contributed by atoms with E-state index in [1.807, 2.05) is 19.9 Å². The van der Waals surface area contributed by atoms with E-state index in [1.54, 1.807) is 30.0 Å². The molecule has 0 bridgehead atoms. The molecule has 0 radical (unpaired) electrons. The number of sulfonamides is 1. The lowest BCUT2D eigenvalue weighted by Gasteiger charge is -2.24. The van der Waals surface area contributed by atoms with Crippen molar-refractivity contribution in [1.29, 1.82) is 5.26 Å². The number of esters is 2. The summed E-state index contributed by atoms with van der Waals surface area (Å²) in [5.41, 5.74) is 2.30. The van der Waals surface area contributed by atoms with Crippen molar-refractivity contribution in [3.05, 3.63) is 64.7 Å². The van der Waals surface area contributed by atoms with Gasteiger partial charge in [-0.05, 0) is 73.4 Å². The van der Waals surface area contributed by atoms with Crippen LogP contribution in [0.15, 0.2) is 48.0 Å². The first-order chi connectivity index (χ1) is 19.5. The molecular formula is C30H37N3O7S. The molecule has 10 nitrogen and oxygen atoms in total. The smallest absolute Gasteiger partial charge is 0.325 e. The number of Topliss-reactive ketones (excluding diaryl/α,β-unsaturated/α-hetero) is 1. The average molecular weight is 584 g/mol. The summed E-state index contributed by atoms with van der Waals surface area (Å²) in [4.78, 5) is 39.4. The summed E-state index contributed by atoms with van der Waals surface area (Å²) in [7, 11) is -3.46. The van der Waals surface area contributed by atoms with Crippen LogP contribution < -0.4 is 9.62 Å². The van der Waals surface area contributed by atoms with Crippen molar-refractivity contribution in [2.24, 2.45) is 0 Å². The number of carbonyl (C=O) groups excluding carboxylic acids is 3. The van der Waals surface area contributed by atoms with E-state index in [0.29, 0.717) is 35.7 Å². The molecular weight excluding hydrogens is 546 g/mol. The van der Waals surface area contributed by atoms with Gasteiger partial charge in [0.1, 0.15) is 24.7 Å². The molecule has 220 valence electrons. The number of benzene rings is 2. The minimum atomic E-state index is -3.46. The normalized spacial score (nSPS) is 11.3. The van der Waals surface area contributed by atoms with Gasteiger partial charge in [0.25, 0.3) is 0 Å². The maximum absolute atomic E-state index is 13.0. The van der Waals surface area contributed by atoms with Crippen LogP contribution in [-0.2, 0) is 29.1 Å². The first-order valence-corrected chi connectivity index (χ1v) is 15.3. The van der Waals surface area contributed by atoms with E-state index in [4.69, 9.17) is 9.47 Å². The van der Waals surface area contributed by atoms with Crippen LogP contribution in [0.5, 0.6) is 0 Å². The Morgan fingerprint density at radius 3 is 1.98 bits per heavy atom. The van der Waals surface area contributed by atoms with Crippen molar-refractivity contribution in [3.8, 4) is 6.07 Å². The Bertz CT molecular complexity index is 1370. The Balaban J connectivity index is 2.27. The van der Waals surface area contributed by atoms with Crippen LogP contribution in [0.1, 0.15) is 61.0 Å². The van der Waals surface area contributed by atoms with Crippen LogP contribution in [0.2, 0.25) is 0 Å². The van der Waals surface area contributed by atoms with Crippen molar-refractivity contribution in [2.75, 3.05) is 42.2 Å². The molecule has 11 heteroatoms. The highest BCUT2D eigenvalue weighted by Gasteiger charge is 2.19. The Morgan fingerprint density at radius 1 is 0.951 bits per heavy atom. The number of hydrogen-bond donors (Lipinski definition) is 1. The molecule has 0 spiro atoms. The summed E-state index contributed by atoms with van der Waals surface area (Å²) in [6.07, 6.45) is 5.74. The molecule has 0 fully saturated rings. The van der Waals surface area contributed by atoms with Gasteiger partial charge in [0.15, 0.2) is 0 Å². The van der Waals surface area contributed by atoms with Crippen LogP contribution in [0.25, 0.3) is 6.08 Å². The summed E-state index contributed by atoms with van der Waals surface area (Å²) in [6, 6.07) is 12.9. The summed E-state index contributed by atoms with van der Waals surface area (Å²) in [6.45, 7) is 6.08. The van der Waals surface area contributed by atoms with Gasteiger partial charge in [-0.25, -0.2) is 8.42 Å². The molecule has 0 aliphatic carbocycles. The van der Waals surface area contributed by atoms with Gasteiger partial charge in [0.2, 0.25) is 15.8 Å². The number of ketones is 1. The Labute approximate surface area is 242 Å². The number of aryl methyl sites for hydroxylation is 1. The minimum absolute atomic E-state index is 0.111. The Hall–Kier alpha value is -4.17. The molecule has 0 saturated heterocycles. The molecule has 41 heavy (non-hydrogen) atoms. The molecule has 0 unspecified atom stereocenters. The second kappa shape index (κ2) is 16.2. The minimum Gasteiger partial charge on any atom is -0.464 e. The fraction of sp³-hybridized carbons (Fsp3) is 0.400. The molecule has 0 aliphatic rings. The third kappa shape index (κ3) is 11.5. The summed E-state index contributed by atoms with van der Waals surface area (Å²) in [5, 5.41) is 9.69. The van der Waals surface area contributed by atoms with E-state index >= 15 is 0 Å². The molecule has 0 atom stereocenters. The van der Waals surface area contributed by atoms with Crippen molar-refractivity contribution in [3.63, 3.8) is 0 Å². The number of rotatable bonds is 16. The molecule has 2 aromatic carbocycles. The van der Waals surface area contributed by atoms with Crippen molar-refractivity contribution >= 4 is 45.2 Å². The van der Waals surface area contributed by atoms with Crippen molar-refractivity contribution in [2.45, 2.75) is 46.5 Å². The first kappa shape index (κ1) is 33.0. The number of nitrogens with one attached hydrogen (secondary N) is 1. The molecule has 0 aromatic heterocycles. The summed E-state index contributed by atoms with van der Waals surface area (Å²) in [5.74, 6) is -1.44. The summed E-state index contributed by atoms with van der Waals surface area (Å²) >= 11 is 0. The van der Waals surface area contributed by atoms with Crippen LogP contribution in [-0.4, -0.2) is 58.7 Å². The molecule has 0 aliphatic heterocycles. The standard InChI is InChI=1S/C30H37N3O7S/c1-5-7-15-39-28(34)20-33(21-29(35)40-16-8-6-2)27-14-11-24(22(3)17-27)18-25(19-31)30(36)23-9-12-26(13-10-23)32-41(4,37)38/h9-14,17-18,32H,5-8,15-16,20-21H2,1-4H3. The zero-order valence-electron chi connectivity index (χ0n) is 23.9. The number of nitrogens with zero attached hydrogens (tertiary/aromatic N) is 2. The van der Waals surface area contributed by atoms with E-state index in [9.17, 15) is 28.1 Å². The fourth-order valence-corrected chi connectivity index (χ4v) is 4.25. The predicted octanol–water partition coefficient (Wildman–Crippen LogP) is 4.65. The predicted molar refractivity (Wildman–Crippen MR) is 158 cm³/mol. The van der Waals surface area contributed by atoms with E-state index < -0.39 is 27.7 Å². The largest absolute Gasteiger partial charge is 0.464 e. The lowest BCUT2D eigenvalue weighted by Crippen LogP contribution is -2.36. The van der Waals surface area contributed by atoms with Gasteiger partial charge in [-0.15, -0.1) is 0 Å². The van der Waals surface area contributed by atoms with Crippen LogP contribution >= 0.6 is 0 Å². The fourth-order valence-electron chi connectivity index (χ4n) is 3.68. The lowest BCUT2D eigenvalue weighted by molar-refractivity contribution is -0.143. The zero-order chi connectivity index (χ0) is 30.4. The number of ether oxygens (including phenoxy) is 2. The number of nitriles is 1. The van der Waals surface area contributed by atoms with Gasteiger partial charge in [-0.3, -0.25) is 19.1 Å². The van der Waals surface area contributed by atoms with E-state index in [2.05, 4.69) is 4.72 Å². The van der Waals surface area contributed by atoms with E-state index in [1.165, 1.54) is 30.3 Å². The molecule has 0 heterocycles. The zero-order valence-corrected chi connectivity index (χ0v) is 24.8. The summed E-state index contributed by atoms with van der Waals surface area (Å²) < 4.78 is 35.7. The van der Waals surface area contributed by atoms with Crippen LogP contribution in [0, 0.1) is 18.3 Å². The second-order valence-electron chi connectivity index (χ2n) is 9.50. The highest BCUT2D eigenvalue weighted by molar-refractivity contribution is 7.92. The topological polar surface area (TPSA) is 143 Å². The Kier molecular flexibility index (Phi) is 13.0.